The van der Waals surface area contributed by atoms with Crippen LogP contribution in [-0.4, -0.2) is 87.4 Å². The van der Waals surface area contributed by atoms with Crippen LogP contribution in [0.3, 0.4) is 0 Å². The van der Waals surface area contributed by atoms with Gasteiger partial charge in [0, 0.05) is 12.8 Å². The highest BCUT2D eigenvalue weighted by Gasteiger charge is 2.25. The van der Waals surface area contributed by atoms with Crippen molar-refractivity contribution in [3.8, 4) is 0 Å². The highest BCUT2D eigenvalue weighted by Crippen LogP contribution is 2.19. The summed E-state index contributed by atoms with van der Waals surface area (Å²) >= 11 is 0. The second-order valence-electron chi connectivity index (χ2n) is 29.0. The van der Waals surface area contributed by atoms with Crippen LogP contribution in [0.1, 0.15) is 373 Å². The van der Waals surface area contributed by atoms with E-state index in [9.17, 15) is 19.5 Å². The standard InChI is InChI=1S/C90H157NO8/c1-6-8-10-12-14-16-18-20-22-24-26-28-30-32-34-36-38-40-42-43-44-45-47-48-50-52-54-56-58-60-62-64-66-68-70-72-74-76-78-80-87(92)97-84-86(85-98-90(89(94)95)96-83-82-91(3,4)5)99-88(93)81-79-77-75-73-71-69-67-65-63-61-59-57-55-53-51-49-46-41-39-37-35-33-31-29-27-25-23-21-19-17-15-13-11-9-7-2/h8-11,14-17,20-23,26-29,33,35,39,41,86,90H,6-7,12-13,18-19,24-25,30-32,34,36-38,40,42-85H2,1-5H3/p+1/b10-8-,11-9-,16-14-,17-15-,22-20-,23-21-,28-26-,29-27-,35-33-,41-39-. The molecule has 0 aliphatic heterocycles. The van der Waals surface area contributed by atoms with Gasteiger partial charge in [0.2, 0.25) is 0 Å². The Balaban J connectivity index is 3.97. The van der Waals surface area contributed by atoms with E-state index in [-0.39, 0.29) is 32.2 Å². The number of unbranched alkanes of at least 4 members (excludes halogenated alkanes) is 42. The molecule has 1 N–H and O–H groups in total. The van der Waals surface area contributed by atoms with Gasteiger partial charge in [-0.05, 0) is 103 Å². The minimum atomic E-state index is -1.51. The van der Waals surface area contributed by atoms with E-state index in [4.69, 9.17) is 18.9 Å². The number of likely N-dealkylation sites (N-methyl/N-ethyl adjacent to an activating group) is 1. The third kappa shape index (κ3) is 80.9. The minimum absolute atomic E-state index is 0.181. The molecule has 0 aliphatic rings. The molecule has 0 fully saturated rings. The molecular formula is C90H158NO8+. The molecule has 0 aromatic heterocycles. The van der Waals surface area contributed by atoms with Gasteiger partial charge in [0.25, 0.3) is 6.29 Å². The van der Waals surface area contributed by atoms with E-state index in [1.807, 2.05) is 21.1 Å². The van der Waals surface area contributed by atoms with Gasteiger partial charge in [-0.2, -0.15) is 0 Å². The maximum absolute atomic E-state index is 13.0. The molecular weight excluding hydrogens is 1220 g/mol. The molecule has 0 heterocycles. The van der Waals surface area contributed by atoms with Crippen LogP contribution in [0.4, 0.5) is 0 Å². The van der Waals surface area contributed by atoms with E-state index < -0.39 is 24.3 Å². The molecule has 0 saturated heterocycles. The average Bonchev–Trinajstić information content (AvgIpc) is 1.16. The third-order valence-electron chi connectivity index (χ3n) is 18.2. The van der Waals surface area contributed by atoms with Gasteiger partial charge >= 0.3 is 17.9 Å². The Kier molecular flexibility index (Phi) is 75.9. The zero-order valence-electron chi connectivity index (χ0n) is 65.4. The lowest BCUT2D eigenvalue weighted by Gasteiger charge is -2.25. The molecule has 99 heavy (non-hydrogen) atoms. The van der Waals surface area contributed by atoms with Crippen LogP contribution in [0.15, 0.2) is 122 Å². The summed E-state index contributed by atoms with van der Waals surface area (Å²) in [6.07, 6.45) is 111. The summed E-state index contributed by atoms with van der Waals surface area (Å²) in [5.41, 5.74) is 0. The zero-order valence-corrected chi connectivity index (χ0v) is 65.4. The first kappa shape index (κ1) is 94.7. The largest absolute Gasteiger partial charge is 0.477 e. The first-order valence-corrected chi connectivity index (χ1v) is 41.7. The van der Waals surface area contributed by atoms with Crippen LogP contribution in [-0.2, 0) is 33.3 Å². The lowest BCUT2D eigenvalue weighted by molar-refractivity contribution is -0.870. The van der Waals surface area contributed by atoms with Crippen LogP contribution < -0.4 is 0 Å². The predicted molar refractivity (Wildman–Crippen MR) is 428 cm³/mol. The van der Waals surface area contributed by atoms with Gasteiger partial charge in [0.05, 0.1) is 34.4 Å². The molecule has 0 amide bonds. The summed E-state index contributed by atoms with van der Waals surface area (Å²) in [4.78, 5) is 37.8. The van der Waals surface area contributed by atoms with E-state index in [0.717, 1.165) is 103 Å². The summed E-state index contributed by atoms with van der Waals surface area (Å²) in [6, 6.07) is 0. The highest BCUT2D eigenvalue weighted by molar-refractivity contribution is 5.71. The quantitative estimate of drug-likeness (QED) is 0.0211. The Hall–Kier alpha value is -4.31. The van der Waals surface area contributed by atoms with Crippen LogP contribution in [0, 0.1) is 0 Å². The molecule has 0 saturated carbocycles. The number of aliphatic carboxylic acids is 1. The number of allylic oxidation sites excluding steroid dienone is 20. The first-order chi connectivity index (χ1) is 48.6. The molecule has 9 heteroatoms. The van der Waals surface area contributed by atoms with Crippen molar-refractivity contribution in [3.05, 3.63) is 122 Å². The number of carboxylic acid groups (broad SMARTS) is 1. The molecule has 0 aromatic carbocycles. The van der Waals surface area contributed by atoms with Crippen molar-refractivity contribution in [1.82, 2.24) is 0 Å². The zero-order chi connectivity index (χ0) is 71.8. The summed E-state index contributed by atoms with van der Waals surface area (Å²) in [5, 5.41) is 9.78. The van der Waals surface area contributed by atoms with Crippen molar-refractivity contribution in [3.63, 3.8) is 0 Å². The topological polar surface area (TPSA) is 108 Å². The molecule has 0 radical (unpaired) electrons. The number of carbonyl (C=O) groups is 3. The summed E-state index contributed by atoms with van der Waals surface area (Å²) in [7, 11) is 5.99. The van der Waals surface area contributed by atoms with Crippen molar-refractivity contribution in [2.45, 2.75) is 386 Å². The summed E-state index contributed by atoms with van der Waals surface area (Å²) in [5.74, 6) is -1.99. The van der Waals surface area contributed by atoms with Crippen LogP contribution in [0.5, 0.6) is 0 Å². The molecule has 0 aromatic rings. The number of esters is 2. The fraction of sp³-hybridized carbons (Fsp3) is 0.744. The third-order valence-corrected chi connectivity index (χ3v) is 18.2. The fourth-order valence-electron chi connectivity index (χ4n) is 12.0. The predicted octanol–water partition coefficient (Wildman–Crippen LogP) is 27.0. The Bertz CT molecular complexity index is 2050. The lowest BCUT2D eigenvalue weighted by atomic mass is 10.0. The molecule has 0 rings (SSSR count). The highest BCUT2D eigenvalue weighted by atomic mass is 16.7. The van der Waals surface area contributed by atoms with Gasteiger partial charge in [-0.3, -0.25) is 9.59 Å². The van der Waals surface area contributed by atoms with Crippen LogP contribution in [0.2, 0.25) is 0 Å². The maximum Gasteiger partial charge on any atom is 0.361 e. The van der Waals surface area contributed by atoms with Gasteiger partial charge in [0.1, 0.15) is 13.2 Å². The Morgan fingerprint density at radius 3 is 0.808 bits per heavy atom. The molecule has 0 spiro atoms. The number of nitrogens with zero attached hydrogens (tertiary/aromatic N) is 1. The molecule has 0 bridgehead atoms. The number of hydrogen-bond donors (Lipinski definition) is 1. The van der Waals surface area contributed by atoms with E-state index in [1.165, 1.54) is 244 Å². The lowest BCUT2D eigenvalue weighted by Crippen LogP contribution is -2.40. The Morgan fingerprint density at radius 2 is 0.545 bits per heavy atom. The smallest absolute Gasteiger partial charge is 0.361 e. The van der Waals surface area contributed by atoms with Crippen molar-refractivity contribution < 1.29 is 42.9 Å². The maximum atomic E-state index is 13.0. The number of carbonyl (C=O) groups excluding carboxylic acids is 2. The van der Waals surface area contributed by atoms with E-state index in [0.29, 0.717) is 17.4 Å². The van der Waals surface area contributed by atoms with E-state index >= 15 is 0 Å². The number of quaternary nitrogens is 1. The SMILES string of the molecule is CC/C=C\C/C=C\C/C=C\C/C=C\C/C=C\C/C=C\CCCCCCCCCCCCCCCCCCC(=O)OC(COC(=O)CCCCCCCCCCCCCCCCCCCCCCCCCCCC/C=C\C/C=C\C/C=C\C/C=C\CC)COC(OCC[N+](C)(C)C)C(=O)O. The minimum Gasteiger partial charge on any atom is -0.477 e. The van der Waals surface area contributed by atoms with Gasteiger partial charge < -0.3 is 28.5 Å². The number of ether oxygens (including phenoxy) is 4. The van der Waals surface area contributed by atoms with Crippen molar-refractivity contribution in [2.75, 3.05) is 47.5 Å². The van der Waals surface area contributed by atoms with Gasteiger partial charge in [0.15, 0.2) is 6.10 Å². The van der Waals surface area contributed by atoms with Crippen molar-refractivity contribution in [2.24, 2.45) is 0 Å². The number of carboxylic acids is 1. The van der Waals surface area contributed by atoms with Gasteiger partial charge in [-0.1, -0.05) is 379 Å². The Morgan fingerprint density at radius 1 is 0.303 bits per heavy atom. The van der Waals surface area contributed by atoms with Crippen molar-refractivity contribution >= 4 is 17.9 Å². The summed E-state index contributed by atoms with van der Waals surface area (Å²) < 4.78 is 23.1. The van der Waals surface area contributed by atoms with Gasteiger partial charge in [-0.15, -0.1) is 0 Å². The molecule has 0 aliphatic carbocycles. The normalized spacial score (nSPS) is 13.3. The van der Waals surface area contributed by atoms with Crippen molar-refractivity contribution in [1.29, 1.82) is 0 Å². The second-order valence-corrected chi connectivity index (χ2v) is 29.0. The monoisotopic (exact) mass is 1380 g/mol. The van der Waals surface area contributed by atoms with E-state index in [2.05, 4.69) is 135 Å². The van der Waals surface area contributed by atoms with E-state index in [1.54, 1.807) is 0 Å². The molecule has 2 atom stereocenters. The Labute approximate surface area is 612 Å². The number of hydrogen-bond acceptors (Lipinski definition) is 7. The first-order valence-electron chi connectivity index (χ1n) is 41.7. The van der Waals surface area contributed by atoms with Crippen LogP contribution in [0.25, 0.3) is 0 Å². The number of rotatable bonds is 77. The van der Waals surface area contributed by atoms with Gasteiger partial charge in [-0.25, -0.2) is 4.79 Å². The fourth-order valence-corrected chi connectivity index (χ4v) is 12.0. The van der Waals surface area contributed by atoms with Crippen LogP contribution >= 0.6 is 0 Å². The summed E-state index contributed by atoms with van der Waals surface area (Å²) in [6.45, 7) is 4.70. The molecule has 570 valence electrons. The molecule has 9 nitrogen and oxygen atoms in total. The second kappa shape index (κ2) is 79.4. The average molecular weight is 1380 g/mol. The molecule has 2 unspecified atom stereocenters.